The maximum Gasteiger partial charge on any atom is 0.139 e. The minimum Gasteiger partial charge on any atom is -0.388 e. The molecule has 1 aromatic carbocycles. The topological polar surface area (TPSA) is 32.6 Å². The predicted molar refractivity (Wildman–Crippen MR) is 91.6 cm³/mol. The van der Waals surface area contributed by atoms with Crippen LogP contribution in [0.2, 0.25) is 0 Å². The van der Waals surface area contributed by atoms with E-state index in [1.807, 2.05) is 13.2 Å². The van der Waals surface area contributed by atoms with E-state index in [0.29, 0.717) is 0 Å². The smallest absolute Gasteiger partial charge is 0.139 e. The molecule has 4 rings (SSSR count). The van der Waals surface area contributed by atoms with Crippen LogP contribution in [0.1, 0.15) is 12.8 Å². The summed E-state index contributed by atoms with van der Waals surface area (Å²) in [6.45, 7) is 2.36. The lowest BCUT2D eigenvalue weighted by atomic mass is 10.1. The normalized spacial score (nSPS) is 14.7. The number of rotatable bonds is 3. The van der Waals surface area contributed by atoms with Gasteiger partial charge in [-0.1, -0.05) is 12.1 Å². The molecule has 0 radical (unpaired) electrons. The van der Waals surface area contributed by atoms with Gasteiger partial charge in [0, 0.05) is 55.5 Å². The highest BCUT2D eigenvalue weighted by molar-refractivity contribution is 5.67. The largest absolute Gasteiger partial charge is 0.388 e. The van der Waals surface area contributed by atoms with Gasteiger partial charge in [0.1, 0.15) is 5.65 Å². The maximum absolute atomic E-state index is 4.73. The Kier molecular flexibility index (Phi) is 3.22. The molecule has 112 valence electrons. The summed E-state index contributed by atoms with van der Waals surface area (Å²) in [7, 11) is 1.92. The van der Waals surface area contributed by atoms with Gasteiger partial charge in [0.25, 0.3) is 0 Å². The van der Waals surface area contributed by atoms with Gasteiger partial charge >= 0.3 is 0 Å². The monoisotopic (exact) mass is 292 g/mol. The van der Waals surface area contributed by atoms with Gasteiger partial charge in [0.15, 0.2) is 0 Å². The van der Waals surface area contributed by atoms with Crippen LogP contribution in [0.4, 0.5) is 11.4 Å². The summed E-state index contributed by atoms with van der Waals surface area (Å²) in [6.07, 6.45) is 6.74. The van der Waals surface area contributed by atoms with Gasteiger partial charge < -0.3 is 14.6 Å². The van der Waals surface area contributed by atoms with Crippen molar-refractivity contribution in [2.24, 2.45) is 0 Å². The first-order valence-corrected chi connectivity index (χ1v) is 7.85. The molecule has 0 atom stereocenters. The summed E-state index contributed by atoms with van der Waals surface area (Å²) < 4.78 is 2.06. The quantitative estimate of drug-likeness (QED) is 0.800. The second kappa shape index (κ2) is 5.37. The van der Waals surface area contributed by atoms with Crippen LogP contribution in [0, 0.1) is 0 Å². The lowest BCUT2D eigenvalue weighted by Gasteiger charge is -2.17. The van der Waals surface area contributed by atoms with Crippen LogP contribution < -0.4 is 10.2 Å². The van der Waals surface area contributed by atoms with E-state index in [2.05, 4.69) is 57.2 Å². The number of anilines is 2. The van der Waals surface area contributed by atoms with Crippen molar-refractivity contribution in [1.29, 1.82) is 0 Å². The Bertz CT molecular complexity index is 782. The molecule has 1 N–H and O–H groups in total. The van der Waals surface area contributed by atoms with Gasteiger partial charge in [-0.25, -0.2) is 4.98 Å². The average molecular weight is 292 g/mol. The second-order valence-electron chi connectivity index (χ2n) is 5.80. The van der Waals surface area contributed by atoms with Crippen LogP contribution in [0.5, 0.6) is 0 Å². The summed E-state index contributed by atoms with van der Waals surface area (Å²) >= 11 is 0. The molecule has 0 amide bonds. The Morgan fingerprint density at radius 1 is 1.05 bits per heavy atom. The third-order valence-corrected chi connectivity index (χ3v) is 4.38. The van der Waals surface area contributed by atoms with Gasteiger partial charge in [-0.05, 0) is 31.0 Å². The van der Waals surface area contributed by atoms with Crippen LogP contribution in [0.25, 0.3) is 16.9 Å². The van der Waals surface area contributed by atoms with Crippen molar-refractivity contribution >= 4 is 17.0 Å². The van der Waals surface area contributed by atoms with Crippen LogP contribution >= 0.6 is 0 Å². The van der Waals surface area contributed by atoms with Crippen LogP contribution in [-0.2, 0) is 0 Å². The van der Waals surface area contributed by atoms with Crippen molar-refractivity contribution in [3.05, 3.63) is 48.8 Å². The number of nitrogens with one attached hydrogen (secondary N) is 1. The van der Waals surface area contributed by atoms with Crippen molar-refractivity contribution in [2.45, 2.75) is 12.8 Å². The van der Waals surface area contributed by atoms with Gasteiger partial charge in [0.2, 0.25) is 0 Å². The zero-order valence-electron chi connectivity index (χ0n) is 12.8. The lowest BCUT2D eigenvalue weighted by Crippen LogP contribution is -2.17. The van der Waals surface area contributed by atoms with E-state index in [1.165, 1.54) is 31.6 Å². The molecule has 1 saturated heterocycles. The van der Waals surface area contributed by atoms with E-state index in [9.17, 15) is 0 Å². The van der Waals surface area contributed by atoms with E-state index >= 15 is 0 Å². The van der Waals surface area contributed by atoms with Gasteiger partial charge in [-0.15, -0.1) is 0 Å². The molecule has 22 heavy (non-hydrogen) atoms. The highest BCUT2D eigenvalue weighted by Crippen LogP contribution is 2.25. The van der Waals surface area contributed by atoms with Crippen molar-refractivity contribution in [2.75, 3.05) is 30.4 Å². The molecule has 4 nitrogen and oxygen atoms in total. The summed E-state index contributed by atoms with van der Waals surface area (Å²) in [4.78, 5) is 7.18. The fourth-order valence-corrected chi connectivity index (χ4v) is 3.09. The van der Waals surface area contributed by atoms with Crippen LogP contribution in [0.15, 0.2) is 48.8 Å². The predicted octanol–water partition coefficient (Wildman–Crippen LogP) is 3.64. The van der Waals surface area contributed by atoms with Crippen molar-refractivity contribution in [3.8, 4) is 11.3 Å². The van der Waals surface area contributed by atoms with Gasteiger partial charge in [-0.2, -0.15) is 0 Å². The van der Waals surface area contributed by atoms with Crippen molar-refractivity contribution in [1.82, 2.24) is 9.38 Å². The Hall–Kier alpha value is -2.49. The molecular formula is C18H20N4. The number of hydrogen-bond acceptors (Lipinski definition) is 3. The number of pyridine rings is 1. The first kappa shape index (κ1) is 13.2. The summed E-state index contributed by atoms with van der Waals surface area (Å²) in [5.74, 6) is 0. The molecule has 0 unspecified atom stereocenters. The molecular weight excluding hydrogens is 272 g/mol. The molecule has 0 spiro atoms. The number of aromatic nitrogens is 2. The SMILES string of the molecule is CNc1ccn2cc(-c3ccc(N4CCCC4)cc3)nc2c1. The number of fused-ring (bicyclic) bond motifs is 1. The Morgan fingerprint density at radius 2 is 1.82 bits per heavy atom. The first-order chi connectivity index (χ1) is 10.8. The average Bonchev–Trinajstić information content (AvgIpc) is 3.23. The minimum atomic E-state index is 0.963. The number of imidazole rings is 1. The molecule has 3 heterocycles. The molecule has 2 aromatic heterocycles. The van der Waals surface area contributed by atoms with E-state index in [4.69, 9.17) is 4.98 Å². The number of nitrogens with zero attached hydrogens (tertiary/aromatic N) is 3. The lowest BCUT2D eigenvalue weighted by molar-refractivity contribution is 0.949. The molecule has 1 aliphatic rings. The third-order valence-electron chi connectivity index (χ3n) is 4.38. The zero-order valence-corrected chi connectivity index (χ0v) is 12.8. The first-order valence-electron chi connectivity index (χ1n) is 7.85. The fraction of sp³-hybridized carbons (Fsp3) is 0.278. The van der Waals surface area contributed by atoms with E-state index in [-0.39, 0.29) is 0 Å². The van der Waals surface area contributed by atoms with Crippen LogP contribution in [0.3, 0.4) is 0 Å². The zero-order chi connectivity index (χ0) is 14.9. The molecule has 4 heteroatoms. The van der Waals surface area contributed by atoms with Crippen LogP contribution in [-0.4, -0.2) is 29.5 Å². The Balaban J connectivity index is 1.66. The van der Waals surface area contributed by atoms with E-state index < -0.39 is 0 Å². The highest BCUT2D eigenvalue weighted by Gasteiger charge is 2.12. The molecule has 3 aromatic rings. The second-order valence-corrected chi connectivity index (χ2v) is 5.80. The molecule has 0 aliphatic carbocycles. The third kappa shape index (κ3) is 2.30. The summed E-state index contributed by atoms with van der Waals surface area (Å²) in [5, 5.41) is 3.15. The number of hydrogen-bond donors (Lipinski definition) is 1. The standard InChI is InChI=1S/C18H20N4/c1-19-15-8-11-22-13-17(20-18(22)12-15)14-4-6-16(7-5-14)21-9-2-3-10-21/h4-8,11-13,19H,2-3,9-10H2,1H3. The molecule has 1 aliphatic heterocycles. The summed E-state index contributed by atoms with van der Waals surface area (Å²) in [5.41, 5.74) is 5.54. The highest BCUT2D eigenvalue weighted by atomic mass is 15.1. The van der Waals surface area contributed by atoms with Crippen molar-refractivity contribution < 1.29 is 0 Å². The Labute approximate surface area is 130 Å². The maximum atomic E-state index is 4.73. The van der Waals surface area contributed by atoms with E-state index in [0.717, 1.165) is 22.6 Å². The summed E-state index contributed by atoms with van der Waals surface area (Å²) in [6, 6.07) is 12.9. The fourth-order valence-electron chi connectivity index (χ4n) is 3.09. The number of benzene rings is 1. The molecule has 0 saturated carbocycles. The van der Waals surface area contributed by atoms with Crippen molar-refractivity contribution in [3.63, 3.8) is 0 Å². The van der Waals surface area contributed by atoms with E-state index in [1.54, 1.807) is 0 Å². The molecule has 0 bridgehead atoms. The Morgan fingerprint density at radius 3 is 2.55 bits per heavy atom. The minimum absolute atomic E-state index is 0.963. The van der Waals surface area contributed by atoms with Gasteiger partial charge in [0.05, 0.1) is 5.69 Å². The van der Waals surface area contributed by atoms with Gasteiger partial charge in [-0.3, -0.25) is 0 Å². The molecule has 1 fully saturated rings.